The second-order valence-electron chi connectivity index (χ2n) is 5.04. The molecule has 1 aromatic heterocycles. The molecule has 1 aromatic rings. The molecule has 2 unspecified atom stereocenters. The Morgan fingerprint density at radius 2 is 2.09 bits per heavy atom. The maximum absolute atomic E-state index is 6.12. The number of ether oxygens (including phenoxy) is 4. The van der Waals surface area contributed by atoms with Gasteiger partial charge in [-0.3, -0.25) is 9.88 Å². The summed E-state index contributed by atoms with van der Waals surface area (Å²) in [7, 11) is 0. The minimum absolute atomic E-state index is 0.00710. The first kappa shape index (κ1) is 17.5. The highest BCUT2D eigenvalue weighted by Gasteiger charge is 2.33. The second-order valence-corrected chi connectivity index (χ2v) is 5.04. The van der Waals surface area contributed by atoms with E-state index >= 15 is 0 Å². The molecule has 2 rings (SSSR count). The third kappa shape index (κ3) is 5.67. The monoisotopic (exact) mass is 320 g/mol. The zero-order valence-corrected chi connectivity index (χ0v) is 13.3. The van der Waals surface area contributed by atoms with E-state index in [-0.39, 0.29) is 12.3 Å². The summed E-state index contributed by atoms with van der Waals surface area (Å²) >= 11 is 0. The van der Waals surface area contributed by atoms with Gasteiger partial charge >= 0.3 is 0 Å². The molecule has 6 heteroatoms. The van der Waals surface area contributed by atoms with Crippen LogP contribution < -0.4 is 0 Å². The van der Waals surface area contributed by atoms with Crippen molar-refractivity contribution in [2.75, 3.05) is 39.5 Å². The van der Waals surface area contributed by atoms with Gasteiger partial charge in [-0.15, -0.1) is 0 Å². The SMILES string of the molecule is C=COCCOCC1CN(CCOC=C)C(c2cccnc2)O1. The average molecular weight is 320 g/mol. The predicted octanol–water partition coefficient (Wildman–Crippen LogP) is 2.12. The first-order valence-electron chi connectivity index (χ1n) is 7.67. The molecule has 1 aliphatic heterocycles. The van der Waals surface area contributed by atoms with E-state index in [9.17, 15) is 0 Å². The van der Waals surface area contributed by atoms with Gasteiger partial charge in [0.2, 0.25) is 0 Å². The van der Waals surface area contributed by atoms with Crippen LogP contribution in [0.1, 0.15) is 11.8 Å². The number of nitrogens with zero attached hydrogens (tertiary/aromatic N) is 2. The summed E-state index contributed by atoms with van der Waals surface area (Å²) in [6.45, 7) is 10.7. The lowest BCUT2D eigenvalue weighted by Gasteiger charge is -2.22. The lowest BCUT2D eigenvalue weighted by Crippen LogP contribution is -2.29. The van der Waals surface area contributed by atoms with Crippen LogP contribution in [-0.4, -0.2) is 55.5 Å². The quantitative estimate of drug-likeness (QED) is 0.460. The van der Waals surface area contributed by atoms with Crippen molar-refractivity contribution in [1.82, 2.24) is 9.88 Å². The summed E-state index contributed by atoms with van der Waals surface area (Å²) in [6, 6.07) is 3.92. The Morgan fingerprint density at radius 1 is 1.26 bits per heavy atom. The molecular weight excluding hydrogens is 296 g/mol. The summed E-state index contributed by atoms with van der Waals surface area (Å²) in [5.41, 5.74) is 1.03. The highest BCUT2D eigenvalue weighted by molar-refractivity contribution is 5.13. The normalized spacial score (nSPS) is 21.0. The molecule has 2 heterocycles. The number of hydrogen-bond acceptors (Lipinski definition) is 6. The first-order chi connectivity index (χ1) is 11.3. The Hall–Kier alpha value is -1.89. The Kier molecular flexibility index (Phi) is 7.59. The smallest absolute Gasteiger partial charge is 0.139 e. The van der Waals surface area contributed by atoms with Crippen molar-refractivity contribution >= 4 is 0 Å². The van der Waals surface area contributed by atoms with Gasteiger partial charge in [-0.25, -0.2) is 0 Å². The van der Waals surface area contributed by atoms with Crippen molar-refractivity contribution in [1.29, 1.82) is 0 Å². The molecule has 0 aliphatic carbocycles. The Bertz CT molecular complexity index is 469. The van der Waals surface area contributed by atoms with E-state index in [0.29, 0.717) is 26.4 Å². The summed E-state index contributed by atoms with van der Waals surface area (Å²) < 4.78 is 22.0. The predicted molar refractivity (Wildman–Crippen MR) is 86.5 cm³/mol. The van der Waals surface area contributed by atoms with E-state index in [0.717, 1.165) is 18.7 Å². The first-order valence-corrected chi connectivity index (χ1v) is 7.67. The molecule has 0 saturated carbocycles. The van der Waals surface area contributed by atoms with Crippen LogP contribution in [0, 0.1) is 0 Å². The van der Waals surface area contributed by atoms with E-state index in [2.05, 4.69) is 23.0 Å². The highest BCUT2D eigenvalue weighted by atomic mass is 16.6. The van der Waals surface area contributed by atoms with Crippen LogP contribution in [0.3, 0.4) is 0 Å². The van der Waals surface area contributed by atoms with Gasteiger partial charge in [0.05, 0.1) is 31.8 Å². The Morgan fingerprint density at radius 3 is 2.83 bits per heavy atom. The van der Waals surface area contributed by atoms with Crippen LogP contribution >= 0.6 is 0 Å². The fraction of sp³-hybridized carbons (Fsp3) is 0.471. The second kappa shape index (κ2) is 9.99. The molecule has 6 nitrogen and oxygen atoms in total. The van der Waals surface area contributed by atoms with Gasteiger partial charge < -0.3 is 18.9 Å². The summed E-state index contributed by atoms with van der Waals surface area (Å²) in [4.78, 5) is 6.39. The van der Waals surface area contributed by atoms with Gasteiger partial charge in [0.1, 0.15) is 19.4 Å². The van der Waals surface area contributed by atoms with Crippen LogP contribution in [-0.2, 0) is 18.9 Å². The van der Waals surface area contributed by atoms with Crippen LogP contribution in [0.25, 0.3) is 0 Å². The van der Waals surface area contributed by atoms with E-state index < -0.39 is 0 Å². The minimum atomic E-state index is -0.129. The van der Waals surface area contributed by atoms with Crippen molar-refractivity contribution < 1.29 is 18.9 Å². The highest BCUT2D eigenvalue weighted by Crippen LogP contribution is 2.29. The summed E-state index contributed by atoms with van der Waals surface area (Å²) in [5.74, 6) is 0. The Labute approximate surface area is 137 Å². The molecule has 2 atom stereocenters. The number of aromatic nitrogens is 1. The van der Waals surface area contributed by atoms with E-state index in [4.69, 9.17) is 18.9 Å². The molecule has 23 heavy (non-hydrogen) atoms. The Balaban J connectivity index is 1.86. The average Bonchev–Trinajstić information content (AvgIpc) is 2.99. The third-order valence-electron chi connectivity index (χ3n) is 3.44. The van der Waals surface area contributed by atoms with Gasteiger partial charge in [-0.2, -0.15) is 0 Å². The van der Waals surface area contributed by atoms with Gasteiger partial charge in [0, 0.05) is 31.0 Å². The molecule has 0 aromatic carbocycles. The minimum Gasteiger partial charge on any atom is -0.500 e. The number of hydrogen-bond donors (Lipinski definition) is 0. The fourth-order valence-electron chi connectivity index (χ4n) is 2.44. The summed E-state index contributed by atoms with van der Waals surface area (Å²) in [6.07, 6.45) is 6.32. The van der Waals surface area contributed by atoms with Crippen molar-refractivity contribution in [3.8, 4) is 0 Å². The molecular formula is C17H24N2O4. The number of rotatable bonds is 11. The number of pyridine rings is 1. The standard InChI is InChI=1S/C17H24N2O4/c1-3-20-9-8-19-13-16(14-22-11-10-21-4-2)23-17(19)15-6-5-7-18-12-15/h3-7,12,16-17H,1-2,8-11,13-14H2. The topological polar surface area (TPSA) is 53.1 Å². The summed E-state index contributed by atoms with van der Waals surface area (Å²) in [5, 5.41) is 0. The maximum atomic E-state index is 6.12. The van der Waals surface area contributed by atoms with E-state index in [1.165, 1.54) is 12.5 Å². The molecule has 0 N–H and O–H groups in total. The van der Waals surface area contributed by atoms with Crippen LogP contribution in [0.5, 0.6) is 0 Å². The molecule has 1 fully saturated rings. The molecule has 0 radical (unpaired) electrons. The molecule has 0 bridgehead atoms. The van der Waals surface area contributed by atoms with Gasteiger partial charge in [-0.1, -0.05) is 19.2 Å². The zero-order chi connectivity index (χ0) is 16.3. The van der Waals surface area contributed by atoms with Crippen molar-refractivity contribution in [2.45, 2.75) is 12.3 Å². The molecule has 1 aliphatic rings. The van der Waals surface area contributed by atoms with Crippen LogP contribution in [0.15, 0.2) is 50.2 Å². The van der Waals surface area contributed by atoms with E-state index in [1.807, 2.05) is 18.3 Å². The van der Waals surface area contributed by atoms with Gasteiger partial charge in [0.25, 0.3) is 0 Å². The van der Waals surface area contributed by atoms with Gasteiger partial charge in [0.15, 0.2) is 0 Å². The van der Waals surface area contributed by atoms with Crippen LogP contribution in [0.4, 0.5) is 0 Å². The fourth-order valence-corrected chi connectivity index (χ4v) is 2.44. The lowest BCUT2D eigenvalue weighted by atomic mass is 10.2. The molecule has 126 valence electrons. The van der Waals surface area contributed by atoms with Crippen molar-refractivity contribution in [2.24, 2.45) is 0 Å². The lowest BCUT2D eigenvalue weighted by molar-refractivity contribution is -0.0416. The van der Waals surface area contributed by atoms with E-state index in [1.54, 1.807) is 6.20 Å². The van der Waals surface area contributed by atoms with Crippen molar-refractivity contribution in [3.05, 3.63) is 55.8 Å². The third-order valence-corrected chi connectivity index (χ3v) is 3.44. The molecule has 0 spiro atoms. The molecule has 0 amide bonds. The van der Waals surface area contributed by atoms with Crippen molar-refractivity contribution in [3.63, 3.8) is 0 Å². The largest absolute Gasteiger partial charge is 0.500 e. The van der Waals surface area contributed by atoms with Crippen LogP contribution in [0.2, 0.25) is 0 Å². The van der Waals surface area contributed by atoms with Gasteiger partial charge in [-0.05, 0) is 6.07 Å². The maximum Gasteiger partial charge on any atom is 0.139 e. The zero-order valence-electron chi connectivity index (χ0n) is 13.3. The molecule has 1 saturated heterocycles.